The number of thioether (sulfide) groups is 1. The van der Waals surface area contributed by atoms with Crippen molar-refractivity contribution >= 4 is 39.1 Å². The Morgan fingerprint density at radius 2 is 2.19 bits per heavy atom. The first-order valence-corrected chi connectivity index (χ1v) is 7.51. The van der Waals surface area contributed by atoms with E-state index >= 15 is 0 Å². The molecule has 2 N–H and O–H groups in total. The summed E-state index contributed by atoms with van der Waals surface area (Å²) in [6.07, 6.45) is 3.31. The Morgan fingerprint density at radius 3 is 2.75 bits per heavy atom. The van der Waals surface area contributed by atoms with Gasteiger partial charge in [0.05, 0.1) is 11.4 Å². The van der Waals surface area contributed by atoms with Gasteiger partial charge < -0.3 is 10.6 Å². The number of hydrogen-bond acceptors (Lipinski definition) is 3. The van der Waals surface area contributed by atoms with Crippen LogP contribution in [0.4, 0.5) is 11.4 Å². The minimum Gasteiger partial charge on any atom is -0.397 e. The second-order valence-corrected chi connectivity index (χ2v) is 5.85. The van der Waals surface area contributed by atoms with E-state index in [0.717, 1.165) is 15.8 Å². The number of hydrogen-bond donors (Lipinski definition) is 1. The molecule has 16 heavy (non-hydrogen) atoms. The van der Waals surface area contributed by atoms with E-state index in [0.29, 0.717) is 6.04 Å². The molecule has 0 heterocycles. The van der Waals surface area contributed by atoms with Gasteiger partial charge in [-0.3, -0.25) is 0 Å². The molecule has 0 aromatic heterocycles. The van der Waals surface area contributed by atoms with Crippen molar-refractivity contribution in [1.29, 1.82) is 0 Å². The number of nitrogen functional groups attached to an aromatic ring is 1. The molecule has 4 heteroatoms. The lowest BCUT2D eigenvalue weighted by atomic mass is 10.2. The zero-order valence-electron chi connectivity index (χ0n) is 10.0. The van der Waals surface area contributed by atoms with Gasteiger partial charge in [0.1, 0.15) is 0 Å². The van der Waals surface area contributed by atoms with E-state index in [-0.39, 0.29) is 0 Å². The van der Waals surface area contributed by atoms with Gasteiger partial charge in [0, 0.05) is 17.6 Å². The summed E-state index contributed by atoms with van der Waals surface area (Å²) >= 11 is 5.31. The van der Waals surface area contributed by atoms with Gasteiger partial charge in [-0.15, -0.1) is 0 Å². The highest BCUT2D eigenvalue weighted by atomic mass is 79.9. The molecule has 0 bridgehead atoms. The number of nitrogens with zero attached hydrogens (tertiary/aromatic N) is 1. The van der Waals surface area contributed by atoms with Crippen LogP contribution >= 0.6 is 27.7 Å². The van der Waals surface area contributed by atoms with Crippen LogP contribution in [0.3, 0.4) is 0 Å². The zero-order chi connectivity index (χ0) is 12.1. The number of rotatable bonds is 5. The summed E-state index contributed by atoms with van der Waals surface area (Å²) in [6.45, 7) is 2.23. The third-order valence-electron chi connectivity index (χ3n) is 2.77. The van der Waals surface area contributed by atoms with Crippen LogP contribution < -0.4 is 10.6 Å². The second kappa shape index (κ2) is 6.40. The smallest absolute Gasteiger partial charge is 0.0600 e. The lowest BCUT2D eigenvalue weighted by molar-refractivity contribution is 0.670. The molecule has 0 amide bonds. The van der Waals surface area contributed by atoms with Crippen molar-refractivity contribution in [2.45, 2.75) is 19.4 Å². The van der Waals surface area contributed by atoms with Crippen molar-refractivity contribution in [3.63, 3.8) is 0 Å². The minimum atomic E-state index is 0.510. The average Bonchev–Trinajstić information content (AvgIpc) is 2.25. The van der Waals surface area contributed by atoms with Gasteiger partial charge in [0.25, 0.3) is 0 Å². The van der Waals surface area contributed by atoms with Crippen molar-refractivity contribution in [1.82, 2.24) is 0 Å². The zero-order valence-corrected chi connectivity index (χ0v) is 12.4. The van der Waals surface area contributed by atoms with Gasteiger partial charge in [-0.2, -0.15) is 11.8 Å². The highest BCUT2D eigenvalue weighted by molar-refractivity contribution is 9.10. The van der Waals surface area contributed by atoms with Gasteiger partial charge in [-0.05, 0) is 43.6 Å². The van der Waals surface area contributed by atoms with Gasteiger partial charge >= 0.3 is 0 Å². The predicted octanol–water partition coefficient (Wildman–Crippen LogP) is 3.61. The normalized spacial score (nSPS) is 12.5. The molecule has 1 aromatic rings. The van der Waals surface area contributed by atoms with E-state index < -0.39 is 0 Å². The fourth-order valence-electron chi connectivity index (χ4n) is 1.57. The van der Waals surface area contributed by atoms with Crippen LogP contribution in [0.15, 0.2) is 22.7 Å². The molecule has 0 saturated carbocycles. The maximum Gasteiger partial charge on any atom is 0.0600 e. The molecule has 0 spiro atoms. The number of benzene rings is 1. The number of anilines is 2. The topological polar surface area (TPSA) is 29.3 Å². The standard InChI is InChI=1S/C12H19BrN2S/c1-9(6-7-16-3)15(2)12-5-4-10(13)8-11(12)14/h4-5,8-9H,6-7,14H2,1-3H3. The van der Waals surface area contributed by atoms with Crippen molar-refractivity contribution in [3.8, 4) is 0 Å². The Kier molecular flexibility index (Phi) is 5.49. The van der Waals surface area contributed by atoms with Gasteiger partial charge in [-0.1, -0.05) is 15.9 Å². The third-order valence-corrected chi connectivity index (χ3v) is 3.91. The van der Waals surface area contributed by atoms with E-state index in [2.05, 4.69) is 47.1 Å². The molecule has 1 unspecified atom stereocenters. The third kappa shape index (κ3) is 3.59. The summed E-state index contributed by atoms with van der Waals surface area (Å²) in [5, 5.41) is 0. The summed E-state index contributed by atoms with van der Waals surface area (Å²) in [5.41, 5.74) is 7.95. The van der Waals surface area contributed by atoms with Gasteiger partial charge in [0.15, 0.2) is 0 Å². The molecule has 0 aliphatic carbocycles. The molecule has 0 fully saturated rings. The molecular formula is C12H19BrN2S. The summed E-state index contributed by atoms with van der Waals surface area (Å²) in [5.74, 6) is 1.18. The molecule has 2 nitrogen and oxygen atoms in total. The lowest BCUT2D eigenvalue weighted by Gasteiger charge is -2.28. The van der Waals surface area contributed by atoms with Crippen LogP contribution in [-0.4, -0.2) is 25.1 Å². The van der Waals surface area contributed by atoms with Crippen LogP contribution in [0.2, 0.25) is 0 Å². The van der Waals surface area contributed by atoms with Crippen molar-refractivity contribution in [2.24, 2.45) is 0 Å². The lowest BCUT2D eigenvalue weighted by Crippen LogP contribution is -2.29. The van der Waals surface area contributed by atoms with Crippen molar-refractivity contribution in [2.75, 3.05) is 29.7 Å². The predicted molar refractivity (Wildman–Crippen MR) is 79.4 cm³/mol. The van der Waals surface area contributed by atoms with Crippen LogP contribution in [0.1, 0.15) is 13.3 Å². The highest BCUT2D eigenvalue weighted by Gasteiger charge is 2.12. The minimum absolute atomic E-state index is 0.510. The largest absolute Gasteiger partial charge is 0.397 e. The fraction of sp³-hybridized carbons (Fsp3) is 0.500. The summed E-state index contributed by atoms with van der Waals surface area (Å²) < 4.78 is 1.03. The van der Waals surface area contributed by atoms with E-state index in [4.69, 9.17) is 5.73 Å². The Bertz CT molecular complexity index is 344. The molecule has 1 aromatic carbocycles. The van der Waals surface area contributed by atoms with E-state index in [1.165, 1.54) is 12.2 Å². The molecule has 0 aliphatic rings. The maximum atomic E-state index is 6.01. The first kappa shape index (κ1) is 13.7. The maximum absolute atomic E-state index is 6.01. The molecule has 1 rings (SSSR count). The monoisotopic (exact) mass is 302 g/mol. The molecule has 0 aliphatic heterocycles. The van der Waals surface area contributed by atoms with Crippen LogP contribution in [0.5, 0.6) is 0 Å². The molecule has 1 atom stereocenters. The number of halogens is 1. The number of nitrogens with two attached hydrogens (primary N) is 1. The van der Waals surface area contributed by atoms with Crippen LogP contribution in [-0.2, 0) is 0 Å². The van der Waals surface area contributed by atoms with E-state index in [1.807, 2.05) is 23.9 Å². The highest BCUT2D eigenvalue weighted by Crippen LogP contribution is 2.27. The summed E-state index contributed by atoms with van der Waals surface area (Å²) in [4.78, 5) is 2.25. The molecule has 90 valence electrons. The van der Waals surface area contributed by atoms with Crippen LogP contribution in [0, 0.1) is 0 Å². The fourth-order valence-corrected chi connectivity index (χ4v) is 2.52. The quantitative estimate of drug-likeness (QED) is 0.843. The Labute approximate surface area is 111 Å². The van der Waals surface area contributed by atoms with E-state index in [1.54, 1.807) is 0 Å². The average molecular weight is 303 g/mol. The van der Waals surface area contributed by atoms with Crippen LogP contribution in [0.25, 0.3) is 0 Å². The summed E-state index contributed by atoms with van der Waals surface area (Å²) in [7, 11) is 2.10. The SMILES string of the molecule is CSCCC(C)N(C)c1ccc(Br)cc1N. The Balaban J connectivity index is 2.75. The van der Waals surface area contributed by atoms with E-state index in [9.17, 15) is 0 Å². The second-order valence-electron chi connectivity index (χ2n) is 3.94. The van der Waals surface area contributed by atoms with Gasteiger partial charge in [-0.25, -0.2) is 0 Å². The Hall–Kier alpha value is -0.350. The summed E-state index contributed by atoms with van der Waals surface area (Å²) in [6, 6.07) is 6.56. The van der Waals surface area contributed by atoms with Gasteiger partial charge in [0.2, 0.25) is 0 Å². The molecule has 0 saturated heterocycles. The first-order chi connectivity index (χ1) is 7.56. The first-order valence-electron chi connectivity index (χ1n) is 5.33. The molecule has 0 radical (unpaired) electrons. The molecular weight excluding hydrogens is 284 g/mol. The van der Waals surface area contributed by atoms with Crippen molar-refractivity contribution in [3.05, 3.63) is 22.7 Å². The van der Waals surface area contributed by atoms with Crippen molar-refractivity contribution < 1.29 is 0 Å². The Morgan fingerprint density at radius 1 is 1.50 bits per heavy atom.